The first-order valence-electron chi connectivity index (χ1n) is 6.69. The molecule has 1 atom stereocenters. The van der Waals surface area contributed by atoms with Crippen molar-refractivity contribution in [2.75, 3.05) is 43.9 Å². The number of nitrogens with zero attached hydrogens (tertiary/aromatic N) is 4. The molecule has 0 aromatic carbocycles. The highest BCUT2D eigenvalue weighted by molar-refractivity contribution is 5.49. The van der Waals surface area contributed by atoms with Gasteiger partial charge in [0.05, 0.1) is 0 Å². The molecule has 0 bridgehead atoms. The van der Waals surface area contributed by atoms with Gasteiger partial charge in [-0.15, -0.1) is 0 Å². The van der Waals surface area contributed by atoms with E-state index in [0.717, 1.165) is 37.7 Å². The van der Waals surface area contributed by atoms with Gasteiger partial charge in [-0.3, -0.25) is 0 Å². The van der Waals surface area contributed by atoms with Crippen molar-refractivity contribution >= 4 is 11.6 Å². The lowest BCUT2D eigenvalue weighted by Gasteiger charge is -2.31. The maximum Gasteiger partial charge on any atom is 0.134 e. The topological polar surface area (TPSA) is 44.3 Å². The van der Waals surface area contributed by atoms with Crippen LogP contribution < -0.4 is 10.2 Å². The van der Waals surface area contributed by atoms with Crippen LogP contribution in [0.25, 0.3) is 0 Å². The lowest BCUT2D eigenvalue weighted by atomic mass is 10.2. The first kappa shape index (κ1) is 13.1. The van der Waals surface area contributed by atoms with Crippen LogP contribution in [0.5, 0.6) is 0 Å². The van der Waals surface area contributed by atoms with Crippen LogP contribution >= 0.6 is 0 Å². The fourth-order valence-electron chi connectivity index (χ4n) is 2.54. The largest absolute Gasteiger partial charge is 0.373 e. The number of nitrogens with one attached hydrogen (secondary N) is 1. The Morgan fingerprint density at radius 1 is 1.39 bits per heavy atom. The van der Waals surface area contributed by atoms with Crippen LogP contribution in [0.1, 0.15) is 19.8 Å². The summed E-state index contributed by atoms with van der Waals surface area (Å²) in [6.07, 6.45) is 3.97. The SMILES string of the molecule is CCC1CN(C)CCCN1c1cc(NC)ncn1. The van der Waals surface area contributed by atoms with Gasteiger partial charge < -0.3 is 15.1 Å². The highest BCUT2D eigenvalue weighted by atomic mass is 15.3. The molecule has 5 nitrogen and oxygen atoms in total. The summed E-state index contributed by atoms with van der Waals surface area (Å²) in [6.45, 7) is 5.59. The standard InChI is InChI=1S/C13H23N5/c1-4-11-9-17(3)6-5-7-18(11)13-8-12(14-2)15-10-16-13/h8,10-11H,4-7,9H2,1-3H3,(H,14,15,16). The fraction of sp³-hybridized carbons (Fsp3) is 0.692. The summed E-state index contributed by atoms with van der Waals surface area (Å²) < 4.78 is 0. The fourth-order valence-corrected chi connectivity index (χ4v) is 2.54. The monoisotopic (exact) mass is 249 g/mol. The summed E-state index contributed by atoms with van der Waals surface area (Å²) in [7, 11) is 4.09. The van der Waals surface area contributed by atoms with E-state index in [2.05, 4.69) is 39.1 Å². The van der Waals surface area contributed by atoms with Gasteiger partial charge in [-0.25, -0.2) is 9.97 Å². The molecule has 0 aliphatic carbocycles. The second kappa shape index (κ2) is 6.00. The Morgan fingerprint density at radius 2 is 2.22 bits per heavy atom. The minimum Gasteiger partial charge on any atom is -0.373 e. The molecule has 1 aromatic heterocycles. The molecule has 1 aliphatic rings. The average Bonchev–Trinajstić information content (AvgIpc) is 2.60. The predicted molar refractivity (Wildman–Crippen MR) is 75.1 cm³/mol. The highest BCUT2D eigenvalue weighted by Crippen LogP contribution is 2.21. The van der Waals surface area contributed by atoms with E-state index in [9.17, 15) is 0 Å². The second-order valence-electron chi connectivity index (χ2n) is 4.88. The van der Waals surface area contributed by atoms with Crippen LogP contribution in [0.15, 0.2) is 12.4 Å². The molecule has 1 N–H and O–H groups in total. The van der Waals surface area contributed by atoms with E-state index in [1.165, 1.54) is 6.42 Å². The lowest BCUT2D eigenvalue weighted by Crippen LogP contribution is -2.40. The van der Waals surface area contributed by atoms with E-state index < -0.39 is 0 Å². The normalized spacial score (nSPS) is 21.7. The molecule has 2 heterocycles. The van der Waals surface area contributed by atoms with E-state index in [4.69, 9.17) is 0 Å². The predicted octanol–water partition coefficient (Wildman–Crippen LogP) is 1.44. The zero-order chi connectivity index (χ0) is 13.0. The third-order valence-corrected chi connectivity index (χ3v) is 3.58. The Balaban J connectivity index is 2.22. The molecule has 1 aromatic rings. The van der Waals surface area contributed by atoms with Crippen molar-refractivity contribution in [1.29, 1.82) is 0 Å². The Hall–Kier alpha value is -1.36. The van der Waals surface area contributed by atoms with E-state index in [1.807, 2.05) is 13.1 Å². The second-order valence-corrected chi connectivity index (χ2v) is 4.88. The van der Waals surface area contributed by atoms with E-state index in [1.54, 1.807) is 6.33 Å². The number of rotatable bonds is 3. The van der Waals surface area contributed by atoms with Crippen molar-refractivity contribution in [1.82, 2.24) is 14.9 Å². The first-order valence-corrected chi connectivity index (χ1v) is 6.69. The van der Waals surface area contributed by atoms with Crippen LogP contribution in [-0.2, 0) is 0 Å². The quantitative estimate of drug-likeness (QED) is 0.878. The molecule has 0 spiro atoms. The number of likely N-dealkylation sites (N-methyl/N-ethyl adjacent to an activating group) is 1. The Kier molecular flexibility index (Phi) is 4.36. The molecule has 0 radical (unpaired) electrons. The third-order valence-electron chi connectivity index (χ3n) is 3.58. The van der Waals surface area contributed by atoms with Gasteiger partial charge in [-0.05, 0) is 26.4 Å². The maximum atomic E-state index is 4.43. The number of hydrogen-bond donors (Lipinski definition) is 1. The van der Waals surface area contributed by atoms with E-state index in [-0.39, 0.29) is 0 Å². The Labute approximate surface area is 109 Å². The molecule has 100 valence electrons. The minimum absolute atomic E-state index is 0.539. The van der Waals surface area contributed by atoms with Gasteiger partial charge in [0.1, 0.15) is 18.0 Å². The summed E-state index contributed by atoms with van der Waals surface area (Å²) in [6, 6.07) is 2.57. The first-order chi connectivity index (χ1) is 8.74. The molecule has 1 aliphatic heterocycles. The zero-order valence-electron chi connectivity index (χ0n) is 11.6. The molecule has 18 heavy (non-hydrogen) atoms. The summed E-state index contributed by atoms with van der Waals surface area (Å²) in [5, 5.41) is 3.08. The van der Waals surface area contributed by atoms with Crippen LogP contribution in [0.4, 0.5) is 11.6 Å². The van der Waals surface area contributed by atoms with Crippen molar-refractivity contribution in [3.63, 3.8) is 0 Å². The van der Waals surface area contributed by atoms with Gasteiger partial charge in [-0.1, -0.05) is 6.92 Å². The lowest BCUT2D eigenvalue weighted by molar-refractivity contribution is 0.327. The van der Waals surface area contributed by atoms with Crippen LogP contribution in [0.2, 0.25) is 0 Å². The van der Waals surface area contributed by atoms with Gasteiger partial charge in [0, 0.05) is 32.2 Å². The number of aromatic nitrogens is 2. The molecule has 2 rings (SSSR count). The van der Waals surface area contributed by atoms with E-state index in [0.29, 0.717) is 6.04 Å². The minimum atomic E-state index is 0.539. The maximum absolute atomic E-state index is 4.43. The van der Waals surface area contributed by atoms with Gasteiger partial charge >= 0.3 is 0 Å². The van der Waals surface area contributed by atoms with Crippen LogP contribution in [0, 0.1) is 0 Å². The smallest absolute Gasteiger partial charge is 0.134 e. The summed E-state index contributed by atoms with van der Waals surface area (Å²) in [4.78, 5) is 13.4. The van der Waals surface area contributed by atoms with Gasteiger partial charge in [0.15, 0.2) is 0 Å². The molecule has 0 saturated carbocycles. The zero-order valence-corrected chi connectivity index (χ0v) is 11.6. The van der Waals surface area contributed by atoms with Crippen molar-refractivity contribution < 1.29 is 0 Å². The highest BCUT2D eigenvalue weighted by Gasteiger charge is 2.23. The van der Waals surface area contributed by atoms with Crippen LogP contribution in [-0.4, -0.2) is 54.6 Å². The number of hydrogen-bond acceptors (Lipinski definition) is 5. The summed E-state index contributed by atoms with van der Waals surface area (Å²) >= 11 is 0. The van der Waals surface area contributed by atoms with Crippen molar-refractivity contribution in [3.8, 4) is 0 Å². The van der Waals surface area contributed by atoms with Crippen LogP contribution in [0.3, 0.4) is 0 Å². The van der Waals surface area contributed by atoms with Crippen molar-refractivity contribution in [2.45, 2.75) is 25.8 Å². The van der Waals surface area contributed by atoms with Gasteiger partial charge in [0.25, 0.3) is 0 Å². The van der Waals surface area contributed by atoms with Gasteiger partial charge in [0.2, 0.25) is 0 Å². The molecule has 1 unspecified atom stereocenters. The molecular weight excluding hydrogens is 226 g/mol. The molecule has 0 amide bonds. The van der Waals surface area contributed by atoms with E-state index >= 15 is 0 Å². The van der Waals surface area contributed by atoms with Crippen molar-refractivity contribution in [2.24, 2.45) is 0 Å². The number of anilines is 2. The third kappa shape index (κ3) is 2.90. The summed E-state index contributed by atoms with van der Waals surface area (Å²) in [5.74, 6) is 1.92. The summed E-state index contributed by atoms with van der Waals surface area (Å²) in [5.41, 5.74) is 0. The average molecular weight is 249 g/mol. The Bertz CT molecular complexity index is 381. The van der Waals surface area contributed by atoms with Gasteiger partial charge in [-0.2, -0.15) is 0 Å². The molecule has 1 saturated heterocycles. The van der Waals surface area contributed by atoms with Crippen molar-refractivity contribution in [3.05, 3.63) is 12.4 Å². The Morgan fingerprint density at radius 3 is 2.94 bits per heavy atom. The molecular formula is C13H23N5. The molecule has 1 fully saturated rings. The molecule has 5 heteroatoms.